The van der Waals surface area contributed by atoms with Crippen molar-refractivity contribution in [3.05, 3.63) is 48.3 Å². The van der Waals surface area contributed by atoms with Crippen molar-refractivity contribution in [1.29, 1.82) is 0 Å². The Morgan fingerprint density at radius 2 is 2.04 bits per heavy atom. The summed E-state index contributed by atoms with van der Waals surface area (Å²) in [6, 6.07) is 10.8. The van der Waals surface area contributed by atoms with Crippen LogP contribution in [0.1, 0.15) is 25.3 Å². The largest absolute Gasteiger partial charge is 0.352 e. The van der Waals surface area contributed by atoms with E-state index in [0.29, 0.717) is 0 Å². The van der Waals surface area contributed by atoms with Crippen molar-refractivity contribution >= 4 is 17.7 Å². The van der Waals surface area contributed by atoms with Crippen molar-refractivity contribution < 1.29 is 4.79 Å². The molecular weight excluding hydrogens is 332 g/mol. The first-order chi connectivity index (χ1) is 12.1. The van der Waals surface area contributed by atoms with Crippen LogP contribution in [-0.2, 0) is 18.4 Å². The fraction of sp³-hybridized carbons (Fsp3) is 0.474. The zero-order chi connectivity index (χ0) is 17.6. The van der Waals surface area contributed by atoms with Crippen LogP contribution in [0.25, 0.3) is 0 Å². The number of carbonyl (C=O) groups is 1. The lowest BCUT2D eigenvalue weighted by atomic mass is 10.0. The summed E-state index contributed by atoms with van der Waals surface area (Å²) in [6.07, 6.45) is 5.68. The molecular formula is C19H26N4OS. The number of aromatic nitrogens is 2. The first-order valence-corrected chi connectivity index (χ1v) is 9.70. The average molecular weight is 359 g/mol. The van der Waals surface area contributed by atoms with Crippen molar-refractivity contribution in [2.24, 2.45) is 7.05 Å². The number of nitrogens with zero attached hydrogens (tertiary/aromatic N) is 3. The van der Waals surface area contributed by atoms with E-state index in [1.165, 1.54) is 17.3 Å². The maximum absolute atomic E-state index is 12.4. The van der Waals surface area contributed by atoms with E-state index < -0.39 is 0 Å². The van der Waals surface area contributed by atoms with Gasteiger partial charge in [-0.15, -0.1) is 0 Å². The molecule has 25 heavy (non-hydrogen) atoms. The van der Waals surface area contributed by atoms with Gasteiger partial charge in [-0.25, -0.2) is 4.98 Å². The second kappa shape index (κ2) is 8.54. The van der Waals surface area contributed by atoms with E-state index in [1.807, 2.05) is 24.7 Å². The molecule has 0 bridgehead atoms. The number of amides is 1. The first-order valence-electron chi connectivity index (χ1n) is 8.82. The van der Waals surface area contributed by atoms with Crippen LogP contribution >= 0.6 is 11.8 Å². The fourth-order valence-electron chi connectivity index (χ4n) is 3.07. The Morgan fingerprint density at radius 1 is 1.32 bits per heavy atom. The molecule has 1 fully saturated rings. The predicted octanol–water partition coefficient (Wildman–Crippen LogP) is 2.68. The molecule has 2 aromatic rings. The minimum atomic E-state index is -0.136. The van der Waals surface area contributed by atoms with E-state index >= 15 is 0 Å². The number of piperidine rings is 1. The van der Waals surface area contributed by atoms with Gasteiger partial charge < -0.3 is 9.88 Å². The predicted molar refractivity (Wildman–Crippen MR) is 101 cm³/mol. The highest BCUT2D eigenvalue weighted by Gasteiger charge is 2.23. The van der Waals surface area contributed by atoms with Crippen LogP contribution in [0.15, 0.2) is 47.9 Å². The number of hydrogen-bond acceptors (Lipinski definition) is 4. The highest BCUT2D eigenvalue weighted by Crippen LogP contribution is 2.21. The van der Waals surface area contributed by atoms with Gasteiger partial charge in [0.2, 0.25) is 5.91 Å². The smallest absolute Gasteiger partial charge is 0.233 e. The van der Waals surface area contributed by atoms with Gasteiger partial charge in [0, 0.05) is 45.1 Å². The van der Waals surface area contributed by atoms with Crippen LogP contribution in [0.3, 0.4) is 0 Å². The number of nitrogens with one attached hydrogen (secondary N) is 1. The summed E-state index contributed by atoms with van der Waals surface area (Å²) in [5.74, 6) is 0.106. The van der Waals surface area contributed by atoms with Crippen molar-refractivity contribution in [1.82, 2.24) is 19.8 Å². The Bertz CT molecular complexity index is 680. The Kier molecular flexibility index (Phi) is 6.15. The Hall–Kier alpha value is -1.79. The number of rotatable bonds is 6. The lowest BCUT2D eigenvalue weighted by Gasteiger charge is -2.32. The number of hydrogen-bond donors (Lipinski definition) is 1. The molecule has 1 atom stereocenters. The van der Waals surface area contributed by atoms with Gasteiger partial charge in [-0.05, 0) is 25.3 Å². The quantitative estimate of drug-likeness (QED) is 0.807. The maximum atomic E-state index is 12.4. The minimum absolute atomic E-state index is 0.106. The van der Waals surface area contributed by atoms with E-state index in [0.717, 1.165) is 37.6 Å². The molecule has 0 aliphatic carbocycles. The molecule has 1 aromatic carbocycles. The maximum Gasteiger partial charge on any atom is 0.233 e. The highest BCUT2D eigenvalue weighted by atomic mass is 32.2. The number of likely N-dealkylation sites (tertiary alicyclic amines) is 1. The fourth-order valence-corrected chi connectivity index (χ4v) is 3.91. The molecule has 1 unspecified atom stereocenters. The normalized spacial score (nSPS) is 17.4. The topological polar surface area (TPSA) is 50.2 Å². The summed E-state index contributed by atoms with van der Waals surface area (Å²) >= 11 is 1.51. The van der Waals surface area contributed by atoms with Crippen molar-refractivity contribution in [2.45, 2.75) is 42.8 Å². The van der Waals surface area contributed by atoms with E-state index in [2.05, 4.69) is 45.5 Å². The van der Waals surface area contributed by atoms with Gasteiger partial charge in [0.25, 0.3) is 0 Å². The second-order valence-electron chi connectivity index (χ2n) is 6.63. The molecule has 134 valence electrons. The molecule has 0 radical (unpaired) electrons. The van der Waals surface area contributed by atoms with Gasteiger partial charge in [0.15, 0.2) is 5.16 Å². The monoisotopic (exact) mass is 358 g/mol. The van der Waals surface area contributed by atoms with Gasteiger partial charge in [-0.1, -0.05) is 42.1 Å². The number of imidazole rings is 1. The van der Waals surface area contributed by atoms with E-state index in [9.17, 15) is 4.79 Å². The molecule has 0 spiro atoms. The highest BCUT2D eigenvalue weighted by molar-refractivity contribution is 8.00. The summed E-state index contributed by atoms with van der Waals surface area (Å²) in [4.78, 5) is 19.2. The number of carbonyl (C=O) groups excluding carboxylic acids is 1. The van der Waals surface area contributed by atoms with Gasteiger partial charge in [0.05, 0.1) is 5.25 Å². The average Bonchev–Trinajstić information content (AvgIpc) is 3.02. The minimum Gasteiger partial charge on any atom is -0.352 e. The summed E-state index contributed by atoms with van der Waals surface area (Å²) in [5.41, 5.74) is 1.35. The molecule has 1 saturated heterocycles. The van der Waals surface area contributed by atoms with Gasteiger partial charge in [-0.2, -0.15) is 0 Å². The van der Waals surface area contributed by atoms with Crippen LogP contribution in [-0.4, -0.2) is 44.7 Å². The summed E-state index contributed by atoms with van der Waals surface area (Å²) < 4.78 is 1.94. The molecule has 1 amide bonds. The molecule has 2 heterocycles. The number of aryl methyl sites for hydroxylation is 1. The van der Waals surface area contributed by atoms with E-state index in [1.54, 1.807) is 6.20 Å². The van der Waals surface area contributed by atoms with E-state index in [-0.39, 0.29) is 17.2 Å². The lowest BCUT2D eigenvalue weighted by molar-refractivity contribution is -0.121. The van der Waals surface area contributed by atoms with E-state index in [4.69, 9.17) is 0 Å². The number of thioether (sulfide) groups is 1. The Morgan fingerprint density at radius 3 is 2.68 bits per heavy atom. The van der Waals surface area contributed by atoms with Crippen LogP contribution in [0.4, 0.5) is 0 Å². The van der Waals surface area contributed by atoms with Gasteiger partial charge in [-0.3, -0.25) is 9.69 Å². The summed E-state index contributed by atoms with van der Waals surface area (Å²) in [6.45, 7) is 4.99. The van der Waals surface area contributed by atoms with Crippen molar-refractivity contribution in [3.63, 3.8) is 0 Å². The molecule has 6 heteroatoms. The van der Waals surface area contributed by atoms with Gasteiger partial charge >= 0.3 is 0 Å². The molecule has 0 saturated carbocycles. The zero-order valence-corrected chi connectivity index (χ0v) is 15.7. The van der Waals surface area contributed by atoms with Crippen LogP contribution in [0.2, 0.25) is 0 Å². The molecule has 3 rings (SSSR count). The number of benzene rings is 1. The third-order valence-corrected chi connectivity index (χ3v) is 5.78. The molecule has 5 nitrogen and oxygen atoms in total. The Balaban J connectivity index is 1.42. The van der Waals surface area contributed by atoms with Crippen LogP contribution in [0.5, 0.6) is 0 Å². The molecule has 1 aliphatic heterocycles. The second-order valence-corrected chi connectivity index (χ2v) is 7.93. The molecule has 1 aromatic heterocycles. The first kappa shape index (κ1) is 18.0. The Labute approximate surface area is 153 Å². The third-order valence-electron chi connectivity index (χ3n) is 4.61. The molecule has 1 N–H and O–H groups in total. The van der Waals surface area contributed by atoms with Crippen molar-refractivity contribution in [3.8, 4) is 0 Å². The lowest BCUT2D eigenvalue weighted by Crippen LogP contribution is -2.46. The summed E-state index contributed by atoms with van der Waals surface area (Å²) in [7, 11) is 1.95. The third kappa shape index (κ3) is 5.09. The molecule has 1 aliphatic rings. The summed E-state index contributed by atoms with van der Waals surface area (Å²) in [5, 5.41) is 3.95. The van der Waals surface area contributed by atoms with Gasteiger partial charge in [0.1, 0.15) is 0 Å². The zero-order valence-electron chi connectivity index (χ0n) is 14.9. The standard InChI is InChI=1S/C19H26N4OS/c1-15(25-19-20-10-13-22(19)2)18(24)21-17-8-11-23(12-9-17)14-16-6-4-3-5-7-16/h3-7,10,13,15,17H,8-9,11-12,14H2,1-2H3,(H,21,24). The van der Waals surface area contributed by atoms with Crippen LogP contribution in [0, 0.1) is 0 Å². The van der Waals surface area contributed by atoms with Crippen molar-refractivity contribution in [2.75, 3.05) is 13.1 Å². The van der Waals surface area contributed by atoms with Crippen LogP contribution < -0.4 is 5.32 Å². The SMILES string of the molecule is CC(Sc1nccn1C)C(=O)NC1CCN(Cc2ccccc2)CC1.